The van der Waals surface area contributed by atoms with Gasteiger partial charge in [-0.3, -0.25) is 4.79 Å². The molecule has 0 spiro atoms. The molecule has 1 aliphatic heterocycles. The molecule has 0 radical (unpaired) electrons. The molecule has 2 aliphatic rings. The van der Waals surface area contributed by atoms with Gasteiger partial charge in [0.2, 0.25) is 11.8 Å². The zero-order chi connectivity index (χ0) is 17.6. The van der Waals surface area contributed by atoms with Crippen LogP contribution in [0, 0.1) is 0 Å². The standard InChI is InChI=1S/C18H22N4O3.ClH/c1-22-14(23)10-13(15(22)11-4-6-12(24-2)7-5-11)16-20-17(21-25-16)18(19)8-3-9-18;/h4-7,13,15H,3,8-10,19H2,1-2H3;1H. The second-order valence-corrected chi connectivity index (χ2v) is 7.00. The topological polar surface area (TPSA) is 94.5 Å². The second kappa shape index (κ2) is 6.89. The first-order chi connectivity index (χ1) is 12.0. The van der Waals surface area contributed by atoms with E-state index in [0.717, 1.165) is 30.6 Å². The Morgan fingerprint density at radius 2 is 2.00 bits per heavy atom. The van der Waals surface area contributed by atoms with Crippen LogP contribution >= 0.6 is 12.4 Å². The Labute approximate surface area is 158 Å². The van der Waals surface area contributed by atoms with Gasteiger partial charge in [0.25, 0.3) is 0 Å². The van der Waals surface area contributed by atoms with Crippen molar-refractivity contribution in [1.29, 1.82) is 0 Å². The number of hydrogen-bond acceptors (Lipinski definition) is 6. The summed E-state index contributed by atoms with van der Waals surface area (Å²) in [5.74, 6) is 1.73. The molecule has 140 valence electrons. The molecule has 0 bridgehead atoms. The molecular weight excluding hydrogens is 356 g/mol. The van der Waals surface area contributed by atoms with E-state index in [-0.39, 0.29) is 30.3 Å². The van der Waals surface area contributed by atoms with Crippen LogP contribution in [0.3, 0.4) is 0 Å². The lowest BCUT2D eigenvalue weighted by molar-refractivity contribution is -0.127. The number of amides is 1. The zero-order valence-electron chi connectivity index (χ0n) is 14.8. The molecule has 1 aromatic carbocycles. The van der Waals surface area contributed by atoms with Gasteiger partial charge < -0.3 is 19.9 Å². The largest absolute Gasteiger partial charge is 0.497 e. The fourth-order valence-corrected chi connectivity index (χ4v) is 3.72. The van der Waals surface area contributed by atoms with Crippen LogP contribution in [-0.4, -0.2) is 35.1 Å². The first kappa shape index (κ1) is 18.7. The van der Waals surface area contributed by atoms with Gasteiger partial charge in [0.1, 0.15) is 5.75 Å². The molecule has 1 aliphatic carbocycles. The Balaban J connectivity index is 0.00000196. The number of aromatic nitrogens is 2. The Bertz CT molecular complexity index is 788. The van der Waals surface area contributed by atoms with E-state index in [1.807, 2.05) is 31.3 Å². The van der Waals surface area contributed by atoms with Crippen LogP contribution in [0.1, 0.15) is 54.9 Å². The van der Waals surface area contributed by atoms with Gasteiger partial charge >= 0.3 is 0 Å². The van der Waals surface area contributed by atoms with Gasteiger partial charge in [-0.05, 0) is 37.0 Å². The molecule has 4 rings (SSSR count). The van der Waals surface area contributed by atoms with Crippen molar-refractivity contribution < 1.29 is 14.1 Å². The van der Waals surface area contributed by atoms with Crippen molar-refractivity contribution in [2.45, 2.75) is 43.2 Å². The lowest BCUT2D eigenvalue weighted by Crippen LogP contribution is -2.44. The van der Waals surface area contributed by atoms with Gasteiger partial charge in [-0.25, -0.2) is 0 Å². The highest BCUT2D eigenvalue weighted by Gasteiger charge is 2.44. The third-order valence-corrected chi connectivity index (χ3v) is 5.49. The monoisotopic (exact) mass is 378 g/mol. The van der Waals surface area contributed by atoms with Crippen LogP contribution in [0.5, 0.6) is 5.75 Å². The first-order valence-corrected chi connectivity index (χ1v) is 8.54. The van der Waals surface area contributed by atoms with Crippen molar-refractivity contribution in [3.63, 3.8) is 0 Å². The van der Waals surface area contributed by atoms with E-state index in [4.69, 9.17) is 15.0 Å². The maximum Gasteiger partial charge on any atom is 0.232 e. The van der Waals surface area contributed by atoms with E-state index in [0.29, 0.717) is 18.1 Å². The average Bonchev–Trinajstić information content (AvgIpc) is 3.19. The molecule has 1 aromatic heterocycles. The van der Waals surface area contributed by atoms with E-state index in [2.05, 4.69) is 10.1 Å². The van der Waals surface area contributed by atoms with E-state index in [9.17, 15) is 4.79 Å². The van der Waals surface area contributed by atoms with Gasteiger partial charge in [0.05, 0.1) is 24.6 Å². The second-order valence-electron chi connectivity index (χ2n) is 7.00. The summed E-state index contributed by atoms with van der Waals surface area (Å²) in [7, 11) is 3.44. The Kier molecular flexibility index (Phi) is 4.94. The third kappa shape index (κ3) is 2.95. The van der Waals surface area contributed by atoms with Crippen LogP contribution in [-0.2, 0) is 10.3 Å². The SMILES string of the molecule is COc1ccc(C2C(c3nc(C4(N)CCC4)no3)CC(=O)N2C)cc1.Cl. The maximum atomic E-state index is 12.3. The number of carbonyl (C=O) groups excluding carboxylic acids is 1. The van der Waals surface area contributed by atoms with E-state index < -0.39 is 5.54 Å². The number of likely N-dealkylation sites (N-methyl/N-ethyl adjacent to an activating group) is 1. The summed E-state index contributed by atoms with van der Waals surface area (Å²) in [4.78, 5) is 18.6. The number of halogens is 1. The number of likely N-dealkylation sites (tertiary alicyclic amines) is 1. The average molecular weight is 379 g/mol. The lowest BCUT2D eigenvalue weighted by atomic mass is 9.77. The molecule has 2 unspecified atom stereocenters. The molecule has 2 atom stereocenters. The van der Waals surface area contributed by atoms with Crippen molar-refractivity contribution >= 4 is 18.3 Å². The maximum absolute atomic E-state index is 12.3. The zero-order valence-corrected chi connectivity index (χ0v) is 15.7. The number of benzene rings is 1. The van der Waals surface area contributed by atoms with Crippen molar-refractivity contribution in [3.8, 4) is 5.75 Å². The minimum Gasteiger partial charge on any atom is -0.497 e. The lowest BCUT2D eigenvalue weighted by Gasteiger charge is -2.34. The molecule has 7 nitrogen and oxygen atoms in total. The normalized spacial score (nSPS) is 24.1. The number of carbonyl (C=O) groups is 1. The summed E-state index contributed by atoms with van der Waals surface area (Å²) >= 11 is 0. The predicted octanol–water partition coefficient (Wildman–Crippen LogP) is 2.52. The molecule has 2 N–H and O–H groups in total. The molecule has 1 saturated carbocycles. The van der Waals surface area contributed by atoms with Gasteiger partial charge in [0, 0.05) is 13.5 Å². The summed E-state index contributed by atoms with van der Waals surface area (Å²) < 4.78 is 10.7. The summed E-state index contributed by atoms with van der Waals surface area (Å²) in [6.07, 6.45) is 3.18. The summed E-state index contributed by atoms with van der Waals surface area (Å²) in [6.45, 7) is 0. The van der Waals surface area contributed by atoms with Crippen LogP contribution in [0.2, 0.25) is 0 Å². The summed E-state index contributed by atoms with van der Waals surface area (Å²) in [5.41, 5.74) is 6.84. The van der Waals surface area contributed by atoms with Crippen LogP contribution in [0.15, 0.2) is 28.8 Å². The minimum atomic E-state index is -0.466. The van der Waals surface area contributed by atoms with E-state index in [1.165, 1.54) is 0 Å². The molecule has 26 heavy (non-hydrogen) atoms. The Morgan fingerprint density at radius 3 is 2.58 bits per heavy atom. The van der Waals surface area contributed by atoms with Crippen molar-refractivity contribution in [2.75, 3.05) is 14.2 Å². The van der Waals surface area contributed by atoms with Gasteiger partial charge in [-0.2, -0.15) is 4.98 Å². The summed E-state index contributed by atoms with van der Waals surface area (Å²) in [6, 6.07) is 7.59. The van der Waals surface area contributed by atoms with Gasteiger partial charge in [-0.1, -0.05) is 17.3 Å². The molecule has 2 heterocycles. The quantitative estimate of drug-likeness (QED) is 0.878. The highest BCUT2D eigenvalue weighted by atomic mass is 35.5. The smallest absolute Gasteiger partial charge is 0.232 e. The van der Waals surface area contributed by atoms with Crippen molar-refractivity contribution in [2.24, 2.45) is 5.73 Å². The number of methoxy groups -OCH3 is 1. The van der Waals surface area contributed by atoms with E-state index >= 15 is 0 Å². The van der Waals surface area contributed by atoms with Gasteiger partial charge in [-0.15, -0.1) is 12.4 Å². The molecule has 8 heteroatoms. The fourth-order valence-electron chi connectivity index (χ4n) is 3.72. The Morgan fingerprint density at radius 1 is 1.31 bits per heavy atom. The highest BCUT2D eigenvalue weighted by Crippen LogP contribution is 2.44. The number of nitrogens with zero attached hydrogens (tertiary/aromatic N) is 3. The molecule has 2 fully saturated rings. The predicted molar refractivity (Wildman–Crippen MR) is 97.1 cm³/mol. The minimum absolute atomic E-state index is 0. The number of ether oxygens (including phenoxy) is 1. The van der Waals surface area contributed by atoms with Crippen molar-refractivity contribution in [1.82, 2.24) is 15.0 Å². The third-order valence-electron chi connectivity index (χ3n) is 5.49. The van der Waals surface area contributed by atoms with Crippen LogP contribution in [0.4, 0.5) is 0 Å². The fraction of sp³-hybridized carbons (Fsp3) is 0.500. The number of rotatable bonds is 4. The van der Waals surface area contributed by atoms with Crippen LogP contribution in [0.25, 0.3) is 0 Å². The summed E-state index contributed by atoms with van der Waals surface area (Å²) in [5, 5.41) is 4.10. The van der Waals surface area contributed by atoms with Crippen LogP contribution < -0.4 is 10.5 Å². The van der Waals surface area contributed by atoms with Crippen molar-refractivity contribution in [3.05, 3.63) is 41.5 Å². The first-order valence-electron chi connectivity index (χ1n) is 8.54. The number of hydrogen-bond donors (Lipinski definition) is 1. The molecule has 1 saturated heterocycles. The van der Waals surface area contributed by atoms with Gasteiger partial charge in [0.15, 0.2) is 5.82 Å². The molecular formula is C18H23ClN4O3. The Hall–Kier alpha value is -2.12. The highest BCUT2D eigenvalue weighted by molar-refractivity contribution is 5.85. The molecule has 2 aromatic rings. The molecule has 1 amide bonds. The van der Waals surface area contributed by atoms with E-state index in [1.54, 1.807) is 12.0 Å². The number of nitrogens with two attached hydrogens (primary N) is 1.